The number of fused-ring (bicyclic) bond motifs is 2. The second kappa shape index (κ2) is 11.7. The molecule has 1 aromatic heterocycles. The molecule has 0 aliphatic heterocycles. The molecule has 1 heteroatoms. The van der Waals surface area contributed by atoms with Crippen molar-refractivity contribution in [2.45, 2.75) is 131 Å². The zero-order chi connectivity index (χ0) is 22.4. The first kappa shape index (κ1) is 24.6. The average Bonchev–Trinajstić information content (AvgIpc) is 3.09. The maximum Gasteiger partial charge on any atom is -0.00110 e. The fourth-order valence-electron chi connectivity index (χ4n) is 6.13. The van der Waals surface area contributed by atoms with Gasteiger partial charge in [0.2, 0.25) is 0 Å². The van der Waals surface area contributed by atoms with Crippen molar-refractivity contribution in [3.63, 3.8) is 0 Å². The largest absolute Gasteiger partial charge is 0.133 e. The van der Waals surface area contributed by atoms with Crippen LogP contribution in [0.1, 0.15) is 135 Å². The molecule has 0 atom stereocenters. The standard InChI is InChI=1S/C30H47P/c1-7-13-21-22(14-8-2)24(16-10-4)26-20-28-27(19-25(26)23(21)15-9-3)29(17-11-5)31-30(28)18-12-6/h31H,7-20H2,1-6H3. The summed E-state index contributed by atoms with van der Waals surface area (Å²) in [5.74, 6) is 0. The minimum absolute atomic E-state index is 0.996. The number of hydrogen-bond donors (Lipinski definition) is 0. The van der Waals surface area contributed by atoms with Crippen LogP contribution in [0.2, 0.25) is 0 Å². The predicted octanol–water partition coefficient (Wildman–Crippen LogP) is 8.93. The smallest absolute Gasteiger partial charge is 0.00110 e. The van der Waals surface area contributed by atoms with Crippen molar-refractivity contribution in [3.8, 4) is 0 Å². The Balaban J connectivity index is 2.26. The van der Waals surface area contributed by atoms with E-state index < -0.39 is 0 Å². The molecule has 31 heavy (non-hydrogen) atoms. The fraction of sp³-hybridized carbons (Fsp3) is 0.667. The molecule has 0 saturated heterocycles. The molecule has 0 amide bonds. The summed E-state index contributed by atoms with van der Waals surface area (Å²) in [7, 11) is 0.996. The molecule has 0 fully saturated rings. The maximum atomic E-state index is 2.38. The van der Waals surface area contributed by atoms with Crippen LogP contribution in [-0.2, 0) is 51.4 Å². The third-order valence-electron chi connectivity index (χ3n) is 7.29. The maximum absolute atomic E-state index is 2.38. The minimum atomic E-state index is 0.996. The lowest BCUT2D eigenvalue weighted by Gasteiger charge is -2.31. The Morgan fingerprint density at radius 1 is 0.419 bits per heavy atom. The monoisotopic (exact) mass is 438 g/mol. The highest BCUT2D eigenvalue weighted by Crippen LogP contribution is 2.45. The second-order valence-corrected chi connectivity index (χ2v) is 11.2. The van der Waals surface area contributed by atoms with Crippen molar-refractivity contribution in [1.82, 2.24) is 0 Å². The van der Waals surface area contributed by atoms with Crippen LogP contribution in [-0.4, -0.2) is 0 Å². The van der Waals surface area contributed by atoms with Crippen LogP contribution in [0.5, 0.6) is 0 Å². The molecule has 2 aromatic rings. The molecule has 0 spiro atoms. The first-order chi connectivity index (χ1) is 15.1. The minimum Gasteiger partial charge on any atom is -0.133 e. The summed E-state index contributed by atoms with van der Waals surface area (Å²) < 4.78 is 0. The summed E-state index contributed by atoms with van der Waals surface area (Å²) in [6, 6.07) is 0. The summed E-state index contributed by atoms with van der Waals surface area (Å²) in [6.07, 6.45) is 17.9. The summed E-state index contributed by atoms with van der Waals surface area (Å²) >= 11 is 0. The van der Waals surface area contributed by atoms with E-state index in [1.54, 1.807) is 44.5 Å². The molecule has 0 N–H and O–H groups in total. The second-order valence-electron chi connectivity index (χ2n) is 9.76. The Morgan fingerprint density at radius 3 is 1.06 bits per heavy atom. The van der Waals surface area contributed by atoms with Crippen LogP contribution < -0.4 is 0 Å². The molecule has 172 valence electrons. The summed E-state index contributed by atoms with van der Waals surface area (Å²) in [5, 5.41) is 3.64. The fourth-order valence-corrected chi connectivity index (χ4v) is 8.03. The van der Waals surface area contributed by atoms with Gasteiger partial charge in [-0.15, -0.1) is 8.19 Å². The van der Waals surface area contributed by atoms with E-state index in [9.17, 15) is 0 Å². The summed E-state index contributed by atoms with van der Waals surface area (Å²) in [6.45, 7) is 14.3. The normalized spacial score (nSPS) is 12.8. The van der Waals surface area contributed by atoms with Gasteiger partial charge in [0.15, 0.2) is 0 Å². The van der Waals surface area contributed by atoms with Crippen LogP contribution in [0.25, 0.3) is 0 Å². The van der Waals surface area contributed by atoms with Crippen molar-refractivity contribution >= 4 is 8.19 Å². The van der Waals surface area contributed by atoms with E-state index in [0.717, 1.165) is 8.19 Å². The van der Waals surface area contributed by atoms with E-state index in [0.29, 0.717) is 0 Å². The van der Waals surface area contributed by atoms with Crippen molar-refractivity contribution in [2.24, 2.45) is 0 Å². The van der Waals surface area contributed by atoms with Gasteiger partial charge in [0.1, 0.15) is 0 Å². The lowest BCUT2D eigenvalue weighted by atomic mass is 9.74. The van der Waals surface area contributed by atoms with Crippen LogP contribution in [0.4, 0.5) is 0 Å². The molecular formula is C30H47P. The lowest BCUT2D eigenvalue weighted by Crippen LogP contribution is -2.19. The van der Waals surface area contributed by atoms with Gasteiger partial charge in [-0.2, -0.15) is 0 Å². The SMILES string of the molecule is CCCc1[pH]c(CCC)c2c1Cc1c(CCC)c(CCC)c(CCC)c(CCC)c1C2. The van der Waals surface area contributed by atoms with Gasteiger partial charge in [-0.05, 0) is 106 Å². The van der Waals surface area contributed by atoms with E-state index in [2.05, 4.69) is 41.5 Å². The van der Waals surface area contributed by atoms with E-state index in [1.807, 2.05) is 10.6 Å². The van der Waals surface area contributed by atoms with Crippen LogP contribution in [0.3, 0.4) is 0 Å². The van der Waals surface area contributed by atoms with Crippen molar-refractivity contribution in [2.75, 3.05) is 0 Å². The predicted molar refractivity (Wildman–Crippen MR) is 142 cm³/mol. The van der Waals surface area contributed by atoms with Crippen LogP contribution >= 0.6 is 8.19 Å². The zero-order valence-corrected chi connectivity index (χ0v) is 22.4. The molecular weight excluding hydrogens is 391 g/mol. The molecule has 0 unspecified atom stereocenters. The quantitative estimate of drug-likeness (QED) is 0.265. The van der Waals surface area contributed by atoms with Crippen molar-refractivity contribution in [1.29, 1.82) is 0 Å². The lowest BCUT2D eigenvalue weighted by molar-refractivity contribution is 0.770. The van der Waals surface area contributed by atoms with Gasteiger partial charge in [0.25, 0.3) is 0 Å². The highest BCUT2D eigenvalue weighted by molar-refractivity contribution is 7.32. The Bertz CT molecular complexity index is 798. The van der Waals surface area contributed by atoms with Gasteiger partial charge >= 0.3 is 0 Å². The Hall–Kier alpha value is -1.00. The number of rotatable bonds is 12. The Labute approximate surface area is 194 Å². The number of hydrogen-bond acceptors (Lipinski definition) is 0. The summed E-state index contributed by atoms with van der Waals surface area (Å²) in [5.41, 5.74) is 14.2. The van der Waals surface area contributed by atoms with Crippen molar-refractivity contribution in [3.05, 3.63) is 55.1 Å². The molecule has 0 saturated carbocycles. The Kier molecular flexibility index (Phi) is 9.33. The molecule has 1 heterocycles. The number of benzene rings is 1. The van der Waals surface area contributed by atoms with E-state index in [-0.39, 0.29) is 0 Å². The van der Waals surface area contributed by atoms with Gasteiger partial charge in [0.05, 0.1) is 0 Å². The van der Waals surface area contributed by atoms with Gasteiger partial charge < -0.3 is 0 Å². The topological polar surface area (TPSA) is 0 Å². The number of aryl methyl sites for hydroxylation is 2. The van der Waals surface area contributed by atoms with Gasteiger partial charge in [-0.25, -0.2) is 0 Å². The molecule has 0 nitrogen and oxygen atoms in total. The molecule has 0 bridgehead atoms. The molecule has 0 radical (unpaired) electrons. The molecule has 3 rings (SSSR count). The highest BCUT2D eigenvalue weighted by Gasteiger charge is 2.29. The van der Waals surface area contributed by atoms with Gasteiger partial charge in [0, 0.05) is 0 Å². The first-order valence-electron chi connectivity index (χ1n) is 13.5. The Morgan fingerprint density at radius 2 is 0.742 bits per heavy atom. The van der Waals surface area contributed by atoms with Gasteiger partial charge in [-0.1, -0.05) is 80.1 Å². The van der Waals surface area contributed by atoms with E-state index >= 15 is 0 Å². The van der Waals surface area contributed by atoms with Gasteiger partial charge in [-0.3, -0.25) is 0 Å². The molecule has 1 aromatic carbocycles. The molecule has 1 aliphatic rings. The average molecular weight is 439 g/mol. The van der Waals surface area contributed by atoms with Crippen molar-refractivity contribution < 1.29 is 0 Å². The van der Waals surface area contributed by atoms with Crippen LogP contribution in [0.15, 0.2) is 0 Å². The highest BCUT2D eigenvalue weighted by atomic mass is 31.0. The summed E-state index contributed by atoms with van der Waals surface area (Å²) in [4.78, 5) is 0. The van der Waals surface area contributed by atoms with E-state index in [1.165, 1.54) is 89.9 Å². The third kappa shape index (κ3) is 5.00. The van der Waals surface area contributed by atoms with Crippen LogP contribution in [0, 0.1) is 0 Å². The third-order valence-corrected chi connectivity index (χ3v) is 8.99. The first-order valence-corrected chi connectivity index (χ1v) is 14.5. The molecule has 1 aliphatic carbocycles. The zero-order valence-electron chi connectivity index (χ0n) is 21.4. The van der Waals surface area contributed by atoms with E-state index in [4.69, 9.17) is 0 Å².